The predicted molar refractivity (Wildman–Crippen MR) is 82.8 cm³/mol. The van der Waals surface area contributed by atoms with Crippen molar-refractivity contribution in [3.05, 3.63) is 19.8 Å². The minimum atomic E-state index is -0.103. The average Bonchev–Trinajstić information content (AvgIpc) is 2.69. The number of rotatable bonds is 4. The van der Waals surface area contributed by atoms with Crippen LogP contribution in [0.15, 0.2) is 10.5 Å². The number of carbonyl (C=O) groups excluding carboxylic acids is 1. The molecule has 1 unspecified atom stereocenters. The summed E-state index contributed by atoms with van der Waals surface area (Å²) in [4.78, 5) is 15.4. The zero-order chi connectivity index (χ0) is 13.8. The lowest BCUT2D eigenvalue weighted by Crippen LogP contribution is -2.57. The van der Waals surface area contributed by atoms with Gasteiger partial charge >= 0.3 is 0 Å². The Morgan fingerprint density at radius 2 is 2.53 bits per heavy atom. The third-order valence-corrected chi connectivity index (χ3v) is 5.52. The number of amides is 1. The highest BCUT2D eigenvalue weighted by Gasteiger charge is 2.28. The topological polar surface area (TPSA) is 44.4 Å². The van der Waals surface area contributed by atoms with E-state index in [9.17, 15) is 4.79 Å². The number of hydrogen-bond acceptors (Lipinski definition) is 4. The lowest BCUT2D eigenvalue weighted by molar-refractivity contribution is -0.127. The molecule has 1 amide bonds. The van der Waals surface area contributed by atoms with Gasteiger partial charge in [0.25, 0.3) is 0 Å². The quantitative estimate of drug-likeness (QED) is 0.857. The molecule has 7 heteroatoms. The van der Waals surface area contributed by atoms with Crippen LogP contribution >= 0.6 is 38.9 Å². The van der Waals surface area contributed by atoms with Crippen LogP contribution in [0.5, 0.6) is 0 Å². The van der Waals surface area contributed by atoms with Crippen molar-refractivity contribution in [2.75, 3.05) is 26.2 Å². The number of nitrogens with one attached hydrogen (secondary N) is 2. The first-order valence-electron chi connectivity index (χ1n) is 6.28. The highest BCUT2D eigenvalue weighted by Crippen LogP contribution is 2.32. The van der Waals surface area contributed by atoms with Gasteiger partial charge in [-0.2, -0.15) is 0 Å². The van der Waals surface area contributed by atoms with Crippen LogP contribution in [0.25, 0.3) is 0 Å². The van der Waals surface area contributed by atoms with Crippen molar-refractivity contribution in [3.8, 4) is 0 Å². The fourth-order valence-electron chi connectivity index (χ4n) is 2.16. The molecule has 0 saturated carbocycles. The van der Waals surface area contributed by atoms with E-state index in [1.807, 2.05) is 13.0 Å². The summed E-state index contributed by atoms with van der Waals surface area (Å²) in [7, 11) is 0. The predicted octanol–water partition coefficient (Wildman–Crippen LogP) is 2.07. The second kappa shape index (κ2) is 7.04. The number of likely N-dealkylation sites (N-methyl/N-ethyl adjacent to an activating group) is 1. The van der Waals surface area contributed by atoms with E-state index in [0.717, 1.165) is 28.4 Å². The molecule has 1 aromatic heterocycles. The Hall–Kier alpha value is -0.140. The molecule has 0 aromatic carbocycles. The van der Waals surface area contributed by atoms with Crippen LogP contribution in [0.2, 0.25) is 4.34 Å². The van der Waals surface area contributed by atoms with Crippen molar-refractivity contribution in [2.45, 2.75) is 19.5 Å². The van der Waals surface area contributed by atoms with Crippen molar-refractivity contribution in [1.82, 2.24) is 15.5 Å². The maximum Gasteiger partial charge on any atom is 0.238 e. The second-order valence-electron chi connectivity index (χ2n) is 4.42. The normalized spacial score (nSPS) is 20.5. The highest BCUT2D eigenvalue weighted by atomic mass is 79.9. The number of hydrogen-bond donors (Lipinski definition) is 2. The Morgan fingerprint density at radius 1 is 1.74 bits per heavy atom. The molecule has 0 spiro atoms. The second-order valence-corrected chi connectivity index (χ2v) is 7.01. The Morgan fingerprint density at radius 3 is 3.16 bits per heavy atom. The van der Waals surface area contributed by atoms with Crippen LogP contribution in [-0.2, 0) is 11.3 Å². The molecule has 1 fully saturated rings. The maximum atomic E-state index is 12.0. The molecular weight excluding hydrogens is 350 g/mol. The standard InChI is InChI=1S/C12H17BrClN3OS/c1-2-16-12(18)10-6-15-3-4-17(10)7-8-5-9(13)11(14)19-8/h5,10,15H,2-4,6-7H2,1H3,(H,16,18). The number of halogens is 2. The Balaban J connectivity index is 2.05. The van der Waals surface area contributed by atoms with Gasteiger partial charge in [-0.15, -0.1) is 11.3 Å². The summed E-state index contributed by atoms with van der Waals surface area (Å²) in [5.74, 6) is 0.0939. The van der Waals surface area contributed by atoms with Crippen LogP contribution in [0.1, 0.15) is 11.8 Å². The summed E-state index contributed by atoms with van der Waals surface area (Å²) < 4.78 is 1.69. The number of carbonyl (C=O) groups is 1. The van der Waals surface area contributed by atoms with Crippen LogP contribution in [0.3, 0.4) is 0 Å². The summed E-state index contributed by atoms with van der Waals surface area (Å²) in [6, 6.07) is 1.93. The van der Waals surface area contributed by atoms with Gasteiger partial charge in [0.1, 0.15) is 10.4 Å². The molecule has 1 aromatic rings. The van der Waals surface area contributed by atoms with Gasteiger partial charge in [-0.05, 0) is 28.9 Å². The number of piperazine rings is 1. The summed E-state index contributed by atoms with van der Waals surface area (Å²) in [5, 5.41) is 6.17. The highest BCUT2D eigenvalue weighted by molar-refractivity contribution is 9.10. The van der Waals surface area contributed by atoms with E-state index in [2.05, 4.69) is 31.5 Å². The first-order valence-corrected chi connectivity index (χ1v) is 8.26. The van der Waals surface area contributed by atoms with E-state index in [4.69, 9.17) is 11.6 Å². The van der Waals surface area contributed by atoms with E-state index in [1.54, 1.807) is 11.3 Å². The molecule has 1 atom stereocenters. The fourth-order valence-corrected chi connectivity index (χ4v) is 3.97. The molecule has 0 aliphatic carbocycles. The van der Waals surface area contributed by atoms with E-state index >= 15 is 0 Å². The van der Waals surface area contributed by atoms with Gasteiger partial charge in [0.2, 0.25) is 5.91 Å². The summed E-state index contributed by atoms with van der Waals surface area (Å²) in [6.45, 7) is 5.85. The fraction of sp³-hybridized carbons (Fsp3) is 0.583. The first kappa shape index (κ1) is 15.3. The maximum absolute atomic E-state index is 12.0. The summed E-state index contributed by atoms with van der Waals surface area (Å²) in [5.41, 5.74) is 0. The van der Waals surface area contributed by atoms with Gasteiger partial charge < -0.3 is 10.6 Å². The largest absolute Gasteiger partial charge is 0.355 e. The zero-order valence-electron chi connectivity index (χ0n) is 10.7. The monoisotopic (exact) mass is 365 g/mol. The summed E-state index contributed by atoms with van der Waals surface area (Å²) in [6.07, 6.45) is 0. The molecule has 2 N–H and O–H groups in total. The molecule has 1 aliphatic rings. The van der Waals surface area contributed by atoms with Crippen molar-refractivity contribution < 1.29 is 4.79 Å². The number of thiophene rings is 1. The van der Waals surface area contributed by atoms with Crippen LogP contribution < -0.4 is 10.6 Å². The third-order valence-electron chi connectivity index (χ3n) is 3.06. The third kappa shape index (κ3) is 3.92. The molecule has 1 aliphatic heterocycles. The minimum absolute atomic E-state index is 0.0939. The zero-order valence-corrected chi connectivity index (χ0v) is 13.9. The molecule has 0 radical (unpaired) electrons. The lowest BCUT2D eigenvalue weighted by Gasteiger charge is -2.34. The molecule has 2 heterocycles. The number of nitrogens with zero attached hydrogens (tertiary/aromatic N) is 1. The molecular formula is C12H17BrClN3OS. The smallest absolute Gasteiger partial charge is 0.238 e. The van der Waals surface area contributed by atoms with Gasteiger partial charge in [0, 0.05) is 42.1 Å². The average molecular weight is 367 g/mol. The van der Waals surface area contributed by atoms with Gasteiger partial charge in [-0.3, -0.25) is 9.69 Å². The van der Waals surface area contributed by atoms with Gasteiger partial charge in [-0.1, -0.05) is 11.6 Å². The van der Waals surface area contributed by atoms with Gasteiger partial charge in [-0.25, -0.2) is 0 Å². The lowest BCUT2D eigenvalue weighted by atomic mass is 10.1. The molecule has 4 nitrogen and oxygen atoms in total. The Kier molecular flexibility index (Phi) is 5.65. The van der Waals surface area contributed by atoms with Crippen molar-refractivity contribution >= 4 is 44.8 Å². The molecule has 19 heavy (non-hydrogen) atoms. The molecule has 1 saturated heterocycles. The SMILES string of the molecule is CCNC(=O)C1CNCCN1Cc1cc(Br)c(Cl)s1. The van der Waals surface area contributed by atoms with E-state index in [-0.39, 0.29) is 11.9 Å². The summed E-state index contributed by atoms with van der Waals surface area (Å²) >= 11 is 11.0. The van der Waals surface area contributed by atoms with Crippen molar-refractivity contribution in [1.29, 1.82) is 0 Å². The van der Waals surface area contributed by atoms with Crippen LogP contribution in [-0.4, -0.2) is 43.0 Å². The van der Waals surface area contributed by atoms with E-state index in [0.29, 0.717) is 13.1 Å². The molecule has 106 valence electrons. The minimum Gasteiger partial charge on any atom is -0.355 e. The van der Waals surface area contributed by atoms with Gasteiger partial charge in [0.15, 0.2) is 0 Å². The molecule has 2 rings (SSSR count). The first-order chi connectivity index (χ1) is 9.11. The molecule has 0 bridgehead atoms. The van der Waals surface area contributed by atoms with E-state index < -0.39 is 0 Å². The van der Waals surface area contributed by atoms with E-state index in [1.165, 1.54) is 4.88 Å². The van der Waals surface area contributed by atoms with Gasteiger partial charge in [0.05, 0.1) is 0 Å². The van der Waals surface area contributed by atoms with Crippen LogP contribution in [0, 0.1) is 0 Å². The Labute approximate surface area is 130 Å². The van der Waals surface area contributed by atoms with Crippen molar-refractivity contribution in [3.63, 3.8) is 0 Å². The Bertz CT molecular complexity index is 435. The van der Waals surface area contributed by atoms with Crippen LogP contribution in [0.4, 0.5) is 0 Å². The van der Waals surface area contributed by atoms with Crippen molar-refractivity contribution in [2.24, 2.45) is 0 Å².